The van der Waals surface area contributed by atoms with Crippen LogP contribution >= 0.6 is 11.6 Å². The molecule has 1 aromatic heterocycles. The van der Waals surface area contributed by atoms with Crippen LogP contribution in [0.5, 0.6) is 17.8 Å². The Balaban J connectivity index is 2.24. The molecule has 0 saturated carbocycles. The van der Waals surface area contributed by atoms with E-state index in [1.165, 1.54) is 6.07 Å². The smallest absolute Gasteiger partial charge is 0.329 e. The van der Waals surface area contributed by atoms with Crippen LogP contribution < -0.4 is 9.47 Å². The van der Waals surface area contributed by atoms with Crippen molar-refractivity contribution in [2.45, 2.75) is 20.3 Å². The van der Waals surface area contributed by atoms with E-state index in [4.69, 9.17) is 21.1 Å². The van der Waals surface area contributed by atoms with Crippen LogP contribution in [-0.2, 0) is 0 Å². The van der Waals surface area contributed by atoms with E-state index in [1.807, 2.05) is 6.92 Å². The second-order valence-corrected chi connectivity index (χ2v) is 4.35. The fourth-order valence-corrected chi connectivity index (χ4v) is 1.56. The van der Waals surface area contributed by atoms with E-state index in [-0.39, 0.29) is 23.1 Å². The van der Waals surface area contributed by atoms with Crippen molar-refractivity contribution in [1.82, 2.24) is 15.0 Å². The molecule has 0 aliphatic heterocycles. The third-order valence-corrected chi connectivity index (χ3v) is 2.53. The molecule has 0 radical (unpaired) electrons. The average Bonchev–Trinajstić information content (AvgIpc) is 2.41. The standard InChI is InChI=1S/C13H13ClFN3O2/c1-3-7-19-12-16-11(14)17-13(18-12)20-9-6-4-5-8(2)10(9)15/h4-6H,3,7H2,1-2H3. The maximum absolute atomic E-state index is 13.8. The highest BCUT2D eigenvalue weighted by Gasteiger charge is 2.12. The summed E-state index contributed by atoms with van der Waals surface area (Å²) in [7, 11) is 0. The molecule has 0 saturated heterocycles. The summed E-state index contributed by atoms with van der Waals surface area (Å²) in [5, 5.41) is -0.0748. The fourth-order valence-electron chi connectivity index (χ4n) is 1.42. The summed E-state index contributed by atoms with van der Waals surface area (Å²) in [6.45, 7) is 4.03. The van der Waals surface area contributed by atoms with Crippen molar-refractivity contribution in [2.24, 2.45) is 0 Å². The Kier molecular flexibility index (Phi) is 4.68. The zero-order valence-electron chi connectivity index (χ0n) is 11.1. The Hall–Kier alpha value is -1.95. The van der Waals surface area contributed by atoms with Gasteiger partial charge in [0.1, 0.15) is 0 Å². The average molecular weight is 298 g/mol. The van der Waals surface area contributed by atoms with Crippen LogP contribution in [-0.4, -0.2) is 21.6 Å². The Bertz CT molecular complexity index is 610. The van der Waals surface area contributed by atoms with Crippen molar-refractivity contribution >= 4 is 11.6 Å². The number of ether oxygens (including phenoxy) is 2. The van der Waals surface area contributed by atoms with Crippen LogP contribution in [0.3, 0.4) is 0 Å². The molecule has 0 bridgehead atoms. The molecule has 1 aromatic carbocycles. The Morgan fingerprint density at radius 1 is 1.20 bits per heavy atom. The molecule has 2 rings (SSSR count). The van der Waals surface area contributed by atoms with E-state index < -0.39 is 5.82 Å². The molecule has 0 fully saturated rings. The van der Waals surface area contributed by atoms with Gasteiger partial charge < -0.3 is 9.47 Å². The predicted octanol–water partition coefficient (Wildman–Crippen LogP) is 3.55. The van der Waals surface area contributed by atoms with Crippen LogP contribution in [0, 0.1) is 12.7 Å². The lowest BCUT2D eigenvalue weighted by Gasteiger charge is -2.08. The zero-order chi connectivity index (χ0) is 14.5. The molecule has 20 heavy (non-hydrogen) atoms. The highest BCUT2D eigenvalue weighted by molar-refractivity contribution is 6.28. The van der Waals surface area contributed by atoms with Gasteiger partial charge in [-0.05, 0) is 36.6 Å². The minimum atomic E-state index is -0.472. The number of aromatic nitrogens is 3. The number of aryl methyl sites for hydroxylation is 1. The quantitative estimate of drug-likeness (QED) is 0.844. The summed E-state index contributed by atoms with van der Waals surface area (Å²) >= 11 is 5.75. The van der Waals surface area contributed by atoms with Crippen molar-refractivity contribution < 1.29 is 13.9 Å². The Morgan fingerprint density at radius 3 is 2.70 bits per heavy atom. The Morgan fingerprint density at radius 2 is 1.95 bits per heavy atom. The minimum Gasteiger partial charge on any atom is -0.463 e. The maximum atomic E-state index is 13.8. The summed E-state index contributed by atoms with van der Waals surface area (Å²) in [6.07, 6.45) is 0.798. The molecule has 7 heteroatoms. The molecule has 0 atom stereocenters. The first-order valence-corrected chi connectivity index (χ1v) is 6.45. The fraction of sp³-hybridized carbons (Fsp3) is 0.308. The molecule has 0 unspecified atom stereocenters. The zero-order valence-corrected chi connectivity index (χ0v) is 11.8. The lowest BCUT2D eigenvalue weighted by Crippen LogP contribution is -2.03. The number of nitrogens with zero attached hydrogens (tertiary/aromatic N) is 3. The highest BCUT2D eigenvalue weighted by Crippen LogP contribution is 2.25. The Labute approximate surface area is 120 Å². The van der Waals surface area contributed by atoms with Gasteiger partial charge in [-0.1, -0.05) is 19.1 Å². The van der Waals surface area contributed by atoms with Crippen molar-refractivity contribution in [3.8, 4) is 17.8 Å². The number of rotatable bonds is 5. The molecule has 1 heterocycles. The molecular formula is C13H13ClFN3O2. The van der Waals surface area contributed by atoms with Crippen LogP contribution in [0.4, 0.5) is 4.39 Å². The van der Waals surface area contributed by atoms with Crippen LogP contribution in [0.25, 0.3) is 0 Å². The molecule has 0 spiro atoms. The van der Waals surface area contributed by atoms with Gasteiger partial charge in [0, 0.05) is 0 Å². The third-order valence-electron chi connectivity index (χ3n) is 2.36. The van der Waals surface area contributed by atoms with E-state index >= 15 is 0 Å². The minimum absolute atomic E-state index is 0.0220. The molecule has 5 nitrogen and oxygen atoms in total. The topological polar surface area (TPSA) is 57.1 Å². The second-order valence-electron chi connectivity index (χ2n) is 4.01. The monoisotopic (exact) mass is 297 g/mol. The maximum Gasteiger partial charge on any atom is 0.329 e. The first-order chi connectivity index (χ1) is 9.60. The van der Waals surface area contributed by atoms with Crippen molar-refractivity contribution in [2.75, 3.05) is 6.61 Å². The SMILES string of the molecule is CCCOc1nc(Cl)nc(Oc2cccc(C)c2F)n1. The molecule has 0 aliphatic rings. The first kappa shape index (κ1) is 14.5. The van der Waals surface area contributed by atoms with Gasteiger partial charge in [0.25, 0.3) is 0 Å². The number of hydrogen-bond acceptors (Lipinski definition) is 5. The summed E-state index contributed by atoms with van der Waals surface area (Å²) in [4.78, 5) is 11.5. The molecule has 0 aliphatic carbocycles. The van der Waals surface area contributed by atoms with Gasteiger partial charge in [-0.25, -0.2) is 4.39 Å². The van der Waals surface area contributed by atoms with Crippen LogP contribution in [0.2, 0.25) is 5.28 Å². The third kappa shape index (κ3) is 3.54. The van der Waals surface area contributed by atoms with Gasteiger partial charge in [0.2, 0.25) is 5.28 Å². The van der Waals surface area contributed by atoms with Gasteiger partial charge in [0.05, 0.1) is 6.61 Å². The second kappa shape index (κ2) is 6.47. The van der Waals surface area contributed by atoms with Crippen molar-refractivity contribution in [3.05, 3.63) is 34.9 Å². The molecular weight excluding hydrogens is 285 g/mol. The number of benzene rings is 1. The lowest BCUT2D eigenvalue weighted by atomic mass is 10.2. The molecule has 0 N–H and O–H groups in total. The first-order valence-electron chi connectivity index (χ1n) is 6.07. The summed E-state index contributed by atoms with van der Waals surface area (Å²) in [6, 6.07) is 4.73. The van der Waals surface area contributed by atoms with Crippen molar-refractivity contribution in [3.63, 3.8) is 0 Å². The van der Waals surface area contributed by atoms with Crippen LogP contribution in [0.1, 0.15) is 18.9 Å². The van der Waals surface area contributed by atoms with E-state index in [9.17, 15) is 4.39 Å². The van der Waals surface area contributed by atoms with Gasteiger partial charge >= 0.3 is 12.0 Å². The highest BCUT2D eigenvalue weighted by atomic mass is 35.5. The molecule has 2 aromatic rings. The summed E-state index contributed by atoms with van der Waals surface area (Å²) < 4.78 is 24.4. The van der Waals surface area contributed by atoms with Gasteiger partial charge in [-0.2, -0.15) is 9.97 Å². The van der Waals surface area contributed by atoms with E-state index in [1.54, 1.807) is 19.1 Å². The van der Waals surface area contributed by atoms with Gasteiger partial charge in [-0.15, -0.1) is 4.98 Å². The lowest BCUT2D eigenvalue weighted by molar-refractivity contribution is 0.284. The normalized spacial score (nSPS) is 10.4. The van der Waals surface area contributed by atoms with E-state index in [2.05, 4.69) is 15.0 Å². The number of hydrogen-bond donors (Lipinski definition) is 0. The molecule has 0 amide bonds. The summed E-state index contributed by atoms with van der Waals surface area (Å²) in [5.74, 6) is -0.450. The summed E-state index contributed by atoms with van der Waals surface area (Å²) in [5.41, 5.74) is 0.463. The van der Waals surface area contributed by atoms with Crippen LogP contribution in [0.15, 0.2) is 18.2 Å². The number of halogens is 2. The van der Waals surface area contributed by atoms with Crippen molar-refractivity contribution in [1.29, 1.82) is 0 Å². The largest absolute Gasteiger partial charge is 0.463 e. The van der Waals surface area contributed by atoms with Gasteiger partial charge in [0.15, 0.2) is 11.6 Å². The van der Waals surface area contributed by atoms with E-state index in [0.717, 1.165) is 6.42 Å². The van der Waals surface area contributed by atoms with E-state index in [0.29, 0.717) is 12.2 Å². The predicted molar refractivity (Wildman–Crippen MR) is 71.8 cm³/mol. The molecule has 106 valence electrons. The van der Waals surface area contributed by atoms with Gasteiger partial charge in [-0.3, -0.25) is 0 Å².